The van der Waals surface area contributed by atoms with Gasteiger partial charge in [-0.05, 0) is 37.3 Å². The Morgan fingerprint density at radius 2 is 1.66 bits per heavy atom. The number of carbonyl (C=O) groups is 3. The molecule has 4 rings (SSSR count). The smallest absolute Gasteiger partial charge is 0.475 e. The number of hydrogen-bond donors (Lipinski definition) is 2. The molecule has 38 heavy (non-hydrogen) atoms. The Morgan fingerprint density at radius 3 is 2.16 bits per heavy atom. The van der Waals surface area contributed by atoms with Gasteiger partial charge in [-0.3, -0.25) is 19.5 Å². The fraction of sp³-hybridized carbons (Fsp3) is 0.636. The van der Waals surface area contributed by atoms with Crippen molar-refractivity contribution in [3.8, 4) is 0 Å². The van der Waals surface area contributed by atoms with Crippen LogP contribution in [0.25, 0.3) is 0 Å². The number of ether oxygens (including phenoxy) is 1. The fourth-order valence-electron chi connectivity index (χ4n) is 4.11. The molecule has 3 atom stereocenters. The third-order valence-electron chi connectivity index (χ3n) is 5.81. The molecular weight excluding hydrogens is 532 g/mol. The lowest BCUT2D eigenvalue weighted by atomic mass is 9.89. The van der Waals surface area contributed by atoms with Crippen LogP contribution in [-0.2, 0) is 30.5 Å². The van der Waals surface area contributed by atoms with Crippen molar-refractivity contribution in [2.24, 2.45) is 5.92 Å². The number of hydrogen-bond acceptors (Lipinski definition) is 7. The van der Waals surface area contributed by atoms with Crippen LogP contribution in [0.3, 0.4) is 0 Å². The molecule has 3 aliphatic rings. The largest absolute Gasteiger partial charge is 0.490 e. The summed E-state index contributed by atoms with van der Waals surface area (Å²) in [5.41, 5.74) is 1.19. The second-order valence-corrected chi connectivity index (χ2v) is 8.58. The number of hydroxylamine groups is 2. The van der Waals surface area contributed by atoms with Crippen LogP contribution < -0.4 is 0 Å². The molecule has 3 fully saturated rings. The lowest BCUT2D eigenvalue weighted by Gasteiger charge is -2.41. The summed E-state index contributed by atoms with van der Waals surface area (Å²) < 4.78 is 69.4. The zero-order chi connectivity index (χ0) is 28.5. The predicted octanol–water partition coefficient (Wildman–Crippen LogP) is 2.88. The van der Waals surface area contributed by atoms with Crippen molar-refractivity contribution >= 4 is 17.8 Å². The number of carbonyl (C=O) groups excluding carboxylic acids is 1. The van der Waals surface area contributed by atoms with Gasteiger partial charge in [0.05, 0.1) is 18.6 Å². The molecule has 1 aromatic heterocycles. The van der Waals surface area contributed by atoms with E-state index in [0.717, 1.165) is 45.4 Å². The third-order valence-corrected chi connectivity index (χ3v) is 5.81. The van der Waals surface area contributed by atoms with Crippen LogP contribution in [0.4, 0.5) is 26.3 Å². The Kier molecular flexibility index (Phi) is 11.3. The normalized spacial score (nSPS) is 23.7. The second kappa shape index (κ2) is 13.7. The monoisotopic (exact) mass is 559 g/mol. The van der Waals surface area contributed by atoms with E-state index in [1.807, 2.05) is 12.3 Å². The molecule has 2 N–H and O–H groups in total. The highest BCUT2D eigenvalue weighted by molar-refractivity contribution is 5.78. The van der Waals surface area contributed by atoms with Crippen LogP contribution in [0.15, 0.2) is 24.5 Å². The summed E-state index contributed by atoms with van der Waals surface area (Å²) >= 11 is 0. The molecule has 3 saturated heterocycles. The zero-order valence-electron chi connectivity index (χ0n) is 20.0. The van der Waals surface area contributed by atoms with Crippen molar-refractivity contribution in [2.75, 3.05) is 26.3 Å². The Balaban J connectivity index is 0.000000301. The standard InChI is InChI=1S/C18H25N3O3.2C2HF3O2/c22-18(21-7-1-2-8-24-21)15-10-17-16(5-9-23-17)20(13-15)12-14-4-3-6-19-11-14;2*3-2(4,5)1(6)7/h3-4,6,11,15-17H,1-2,5,7-10,12-13H2;2*(H,6,7)/t15-,16+,17+;;/m0../s1. The summed E-state index contributed by atoms with van der Waals surface area (Å²) in [4.78, 5) is 42.8. The van der Waals surface area contributed by atoms with Gasteiger partial charge < -0.3 is 14.9 Å². The molecule has 10 nitrogen and oxygen atoms in total. The van der Waals surface area contributed by atoms with Crippen molar-refractivity contribution in [3.63, 3.8) is 0 Å². The van der Waals surface area contributed by atoms with E-state index in [-0.39, 0.29) is 17.9 Å². The van der Waals surface area contributed by atoms with Crippen LogP contribution in [0.1, 0.15) is 31.2 Å². The molecule has 0 unspecified atom stereocenters. The third kappa shape index (κ3) is 9.72. The van der Waals surface area contributed by atoms with E-state index in [1.165, 1.54) is 5.56 Å². The van der Waals surface area contributed by atoms with Gasteiger partial charge in [0, 0.05) is 44.7 Å². The van der Waals surface area contributed by atoms with Gasteiger partial charge in [-0.25, -0.2) is 14.7 Å². The maximum Gasteiger partial charge on any atom is 0.490 e. The Hall–Kier alpha value is -2.98. The molecule has 3 aliphatic heterocycles. The number of likely N-dealkylation sites (tertiary alicyclic amines) is 1. The predicted molar refractivity (Wildman–Crippen MR) is 115 cm³/mol. The first-order chi connectivity index (χ1) is 17.7. The minimum absolute atomic E-state index is 0.0425. The van der Waals surface area contributed by atoms with Gasteiger partial charge in [-0.1, -0.05) is 6.07 Å². The maximum absolute atomic E-state index is 12.8. The number of carboxylic acid groups (broad SMARTS) is 2. The number of aliphatic carboxylic acids is 2. The summed E-state index contributed by atoms with van der Waals surface area (Å²) in [6, 6.07) is 4.47. The highest BCUT2D eigenvalue weighted by Crippen LogP contribution is 2.33. The Morgan fingerprint density at radius 1 is 1.03 bits per heavy atom. The molecule has 4 heterocycles. The number of pyridine rings is 1. The minimum atomic E-state index is -5.08. The molecule has 16 heteroatoms. The summed E-state index contributed by atoms with van der Waals surface area (Å²) in [5, 5.41) is 15.8. The average molecular weight is 559 g/mol. The topological polar surface area (TPSA) is 129 Å². The van der Waals surface area contributed by atoms with Crippen molar-refractivity contribution in [3.05, 3.63) is 30.1 Å². The highest BCUT2D eigenvalue weighted by atomic mass is 19.4. The minimum Gasteiger partial charge on any atom is -0.475 e. The lowest BCUT2D eigenvalue weighted by Crippen LogP contribution is -2.53. The number of amides is 1. The molecule has 0 aliphatic carbocycles. The van der Waals surface area contributed by atoms with E-state index in [0.29, 0.717) is 19.2 Å². The van der Waals surface area contributed by atoms with E-state index in [1.54, 1.807) is 11.3 Å². The van der Waals surface area contributed by atoms with Gasteiger partial charge in [0.25, 0.3) is 5.91 Å². The maximum atomic E-state index is 12.8. The number of aromatic nitrogens is 1. The van der Waals surface area contributed by atoms with E-state index in [9.17, 15) is 31.1 Å². The number of piperidine rings is 1. The first-order valence-corrected chi connectivity index (χ1v) is 11.5. The molecular formula is C22H27F6N3O7. The number of rotatable bonds is 3. The average Bonchev–Trinajstić information content (AvgIpc) is 3.33. The van der Waals surface area contributed by atoms with E-state index in [4.69, 9.17) is 29.4 Å². The highest BCUT2D eigenvalue weighted by Gasteiger charge is 2.43. The van der Waals surface area contributed by atoms with E-state index in [2.05, 4.69) is 16.0 Å². The zero-order valence-corrected chi connectivity index (χ0v) is 20.0. The number of fused-ring (bicyclic) bond motifs is 1. The van der Waals surface area contributed by atoms with Gasteiger partial charge in [0.1, 0.15) is 0 Å². The van der Waals surface area contributed by atoms with Crippen LogP contribution in [0.5, 0.6) is 0 Å². The first kappa shape index (κ1) is 31.2. The molecule has 0 spiro atoms. The van der Waals surface area contributed by atoms with Crippen LogP contribution in [0, 0.1) is 5.92 Å². The summed E-state index contributed by atoms with van der Waals surface area (Å²) in [5.74, 6) is -5.43. The number of nitrogens with zero attached hydrogens (tertiary/aromatic N) is 3. The molecule has 0 aromatic carbocycles. The van der Waals surface area contributed by atoms with Gasteiger partial charge in [0.15, 0.2) is 0 Å². The summed E-state index contributed by atoms with van der Waals surface area (Å²) in [7, 11) is 0. The molecule has 1 amide bonds. The van der Waals surface area contributed by atoms with Crippen LogP contribution in [0.2, 0.25) is 0 Å². The van der Waals surface area contributed by atoms with Gasteiger partial charge in [-0.15, -0.1) is 0 Å². The second-order valence-electron chi connectivity index (χ2n) is 8.58. The summed E-state index contributed by atoms with van der Waals surface area (Å²) in [6.45, 7) is 3.76. The van der Waals surface area contributed by atoms with Crippen molar-refractivity contribution in [2.45, 2.75) is 56.7 Å². The molecule has 214 valence electrons. The number of alkyl halides is 6. The first-order valence-electron chi connectivity index (χ1n) is 11.5. The van der Waals surface area contributed by atoms with Gasteiger partial charge >= 0.3 is 24.3 Å². The van der Waals surface area contributed by atoms with Crippen LogP contribution >= 0.6 is 0 Å². The van der Waals surface area contributed by atoms with Gasteiger partial charge in [-0.2, -0.15) is 26.3 Å². The van der Waals surface area contributed by atoms with Crippen molar-refractivity contribution in [1.82, 2.24) is 14.9 Å². The van der Waals surface area contributed by atoms with Gasteiger partial charge in [0.2, 0.25) is 0 Å². The molecule has 1 aromatic rings. The van der Waals surface area contributed by atoms with Crippen molar-refractivity contribution < 1.29 is 60.5 Å². The fourth-order valence-corrected chi connectivity index (χ4v) is 4.11. The van der Waals surface area contributed by atoms with E-state index >= 15 is 0 Å². The SMILES string of the molecule is O=C(O)C(F)(F)F.O=C(O)C(F)(F)F.O=C([C@H]1C[C@H]2OCC[C@H]2N(Cc2cccnc2)C1)N1CCCCO1. The summed E-state index contributed by atoms with van der Waals surface area (Å²) in [6.07, 6.45) is -2.38. The number of carboxylic acids is 2. The molecule has 0 saturated carbocycles. The lowest BCUT2D eigenvalue weighted by molar-refractivity contribution is -0.204. The number of halogens is 6. The van der Waals surface area contributed by atoms with E-state index < -0.39 is 24.3 Å². The quantitative estimate of drug-likeness (QED) is 0.537. The Bertz CT molecular complexity index is 902. The molecule has 0 bridgehead atoms. The molecule has 0 radical (unpaired) electrons. The Labute approximate surface area is 213 Å². The van der Waals surface area contributed by atoms with Crippen molar-refractivity contribution in [1.29, 1.82) is 0 Å². The van der Waals surface area contributed by atoms with Crippen LogP contribution in [-0.4, -0.2) is 93.8 Å².